The van der Waals surface area contributed by atoms with Crippen molar-refractivity contribution < 1.29 is 14.3 Å². The number of ether oxygens (including phenoxy) is 1. The molecule has 1 amide bonds. The molecule has 0 aromatic carbocycles. The molecule has 0 aliphatic carbocycles. The zero-order chi connectivity index (χ0) is 15.4. The zero-order valence-electron chi connectivity index (χ0n) is 12.1. The van der Waals surface area contributed by atoms with E-state index < -0.39 is 11.9 Å². The maximum atomic E-state index is 11.8. The third-order valence-electron chi connectivity index (χ3n) is 3.01. The largest absolute Gasteiger partial charge is 0.462 e. The minimum atomic E-state index is -0.659. The second-order valence-corrected chi connectivity index (χ2v) is 5.83. The molecule has 0 aliphatic rings. The Bertz CT molecular complexity index is 511. The van der Waals surface area contributed by atoms with E-state index in [1.807, 2.05) is 20.8 Å². The lowest BCUT2D eigenvalue weighted by molar-refractivity contribution is 0.0533. The highest BCUT2D eigenvalue weighted by molar-refractivity contribution is 7.19. The van der Waals surface area contributed by atoms with E-state index in [-0.39, 0.29) is 28.8 Å². The Labute approximate surface area is 122 Å². The molecule has 0 bridgehead atoms. The minimum Gasteiger partial charge on any atom is -0.462 e. The summed E-state index contributed by atoms with van der Waals surface area (Å²) < 4.78 is 4.92. The number of carbonyl (C=O) groups is 2. The monoisotopic (exact) mass is 299 g/mol. The van der Waals surface area contributed by atoms with E-state index in [0.29, 0.717) is 10.9 Å². The second-order valence-electron chi connectivity index (χ2n) is 4.81. The Balaban J connectivity index is 3.19. The van der Waals surface area contributed by atoms with Gasteiger partial charge in [-0.25, -0.2) is 4.79 Å². The first-order chi connectivity index (χ1) is 9.29. The maximum Gasteiger partial charge on any atom is 0.350 e. The lowest BCUT2D eigenvalue weighted by Crippen LogP contribution is -2.23. The van der Waals surface area contributed by atoms with Crippen molar-refractivity contribution >= 4 is 33.9 Å². The van der Waals surface area contributed by atoms with E-state index in [1.165, 1.54) is 0 Å². The van der Waals surface area contributed by atoms with Gasteiger partial charge < -0.3 is 21.5 Å². The van der Waals surface area contributed by atoms with E-state index in [0.717, 1.165) is 11.3 Å². The number of rotatable bonds is 6. The Morgan fingerprint density at radius 1 is 1.35 bits per heavy atom. The number of hydrogen-bond acceptors (Lipinski definition) is 6. The molecule has 0 radical (unpaired) electrons. The zero-order valence-corrected chi connectivity index (χ0v) is 13.0. The van der Waals surface area contributed by atoms with Gasteiger partial charge in [0.1, 0.15) is 9.88 Å². The van der Waals surface area contributed by atoms with Crippen molar-refractivity contribution in [2.75, 3.05) is 17.7 Å². The van der Waals surface area contributed by atoms with Crippen molar-refractivity contribution in [2.24, 2.45) is 11.7 Å². The summed E-state index contributed by atoms with van der Waals surface area (Å²) in [6, 6.07) is 0.112. The molecule has 0 fully saturated rings. The van der Waals surface area contributed by atoms with Crippen molar-refractivity contribution in [1.29, 1.82) is 0 Å². The third-order valence-corrected chi connectivity index (χ3v) is 4.13. The summed E-state index contributed by atoms with van der Waals surface area (Å²) in [7, 11) is 0. The van der Waals surface area contributed by atoms with Crippen molar-refractivity contribution in [3.63, 3.8) is 0 Å². The summed E-state index contributed by atoms with van der Waals surface area (Å²) >= 11 is 1.10. The first-order valence-electron chi connectivity index (χ1n) is 6.45. The van der Waals surface area contributed by atoms with Gasteiger partial charge in [-0.05, 0) is 19.8 Å². The number of primary amides is 1. The van der Waals surface area contributed by atoms with Crippen LogP contribution in [0.2, 0.25) is 0 Å². The molecule has 1 aromatic rings. The number of thiophene rings is 1. The van der Waals surface area contributed by atoms with E-state index in [2.05, 4.69) is 5.32 Å². The van der Waals surface area contributed by atoms with Crippen LogP contribution in [0.3, 0.4) is 0 Å². The lowest BCUT2D eigenvalue weighted by atomic mass is 10.1. The highest BCUT2D eigenvalue weighted by Gasteiger charge is 2.26. The van der Waals surface area contributed by atoms with Crippen molar-refractivity contribution in [3.8, 4) is 0 Å². The molecule has 5 N–H and O–H groups in total. The number of nitrogens with one attached hydrogen (secondary N) is 1. The molecular weight excluding hydrogens is 278 g/mol. The molecule has 0 saturated carbocycles. The number of hydrogen-bond donors (Lipinski definition) is 3. The molecule has 0 saturated heterocycles. The van der Waals surface area contributed by atoms with Crippen LogP contribution in [-0.2, 0) is 4.74 Å². The number of nitrogens with two attached hydrogens (primary N) is 2. The number of carbonyl (C=O) groups excluding carboxylic acids is 2. The van der Waals surface area contributed by atoms with E-state index in [4.69, 9.17) is 16.2 Å². The predicted molar refractivity (Wildman–Crippen MR) is 81.1 cm³/mol. The maximum absolute atomic E-state index is 11.8. The summed E-state index contributed by atoms with van der Waals surface area (Å²) in [4.78, 5) is 23.6. The first-order valence-corrected chi connectivity index (χ1v) is 7.26. The molecule has 0 aliphatic heterocycles. The molecule has 1 unspecified atom stereocenters. The molecule has 1 atom stereocenters. The van der Waals surface area contributed by atoms with E-state index in [1.54, 1.807) is 6.92 Å². The molecular formula is C13H21N3O3S. The highest BCUT2D eigenvalue weighted by atomic mass is 32.1. The van der Waals surface area contributed by atoms with Crippen LogP contribution < -0.4 is 16.8 Å². The van der Waals surface area contributed by atoms with Crippen LogP contribution in [0.15, 0.2) is 0 Å². The SMILES string of the molecule is CCOC(=O)c1sc(NC(C)C(C)C)c(C(N)=O)c1N. The number of anilines is 2. The van der Waals surface area contributed by atoms with Crippen molar-refractivity contribution in [1.82, 2.24) is 0 Å². The Morgan fingerprint density at radius 3 is 2.40 bits per heavy atom. The van der Waals surface area contributed by atoms with Crippen LogP contribution in [0.4, 0.5) is 10.7 Å². The fourth-order valence-electron chi connectivity index (χ4n) is 1.51. The smallest absolute Gasteiger partial charge is 0.350 e. The van der Waals surface area contributed by atoms with E-state index >= 15 is 0 Å². The number of esters is 1. The molecule has 6 nitrogen and oxygen atoms in total. The highest BCUT2D eigenvalue weighted by Crippen LogP contribution is 2.36. The lowest BCUT2D eigenvalue weighted by Gasteiger charge is -2.18. The number of nitrogen functional groups attached to an aromatic ring is 1. The summed E-state index contributed by atoms with van der Waals surface area (Å²) in [6.07, 6.45) is 0. The van der Waals surface area contributed by atoms with Gasteiger partial charge in [0.25, 0.3) is 5.91 Å². The van der Waals surface area contributed by atoms with Gasteiger partial charge in [0.05, 0.1) is 17.9 Å². The molecule has 0 spiro atoms. The molecule has 112 valence electrons. The van der Waals surface area contributed by atoms with Crippen LogP contribution >= 0.6 is 11.3 Å². The Morgan fingerprint density at radius 2 is 1.95 bits per heavy atom. The minimum absolute atomic E-state index is 0.0828. The van der Waals surface area contributed by atoms with Crippen LogP contribution in [-0.4, -0.2) is 24.5 Å². The summed E-state index contributed by atoms with van der Waals surface area (Å²) in [6.45, 7) is 8.02. The summed E-state index contributed by atoms with van der Waals surface area (Å²) in [5, 5.41) is 3.69. The second kappa shape index (κ2) is 6.60. The third kappa shape index (κ3) is 3.41. The molecule has 1 rings (SSSR count). The summed E-state index contributed by atoms with van der Waals surface area (Å²) in [5.41, 5.74) is 11.4. The van der Waals surface area contributed by atoms with Crippen LogP contribution in [0.25, 0.3) is 0 Å². The van der Waals surface area contributed by atoms with Crippen LogP contribution in [0.5, 0.6) is 0 Å². The fourth-order valence-corrected chi connectivity index (χ4v) is 2.63. The average Bonchev–Trinajstić information content (AvgIpc) is 2.66. The normalized spacial score (nSPS) is 12.2. The average molecular weight is 299 g/mol. The Kier molecular flexibility index (Phi) is 5.38. The van der Waals surface area contributed by atoms with Gasteiger partial charge in [-0.1, -0.05) is 13.8 Å². The molecule has 20 heavy (non-hydrogen) atoms. The van der Waals surface area contributed by atoms with Crippen LogP contribution in [0, 0.1) is 5.92 Å². The quantitative estimate of drug-likeness (QED) is 0.697. The topological polar surface area (TPSA) is 107 Å². The van der Waals surface area contributed by atoms with Gasteiger partial charge in [-0.2, -0.15) is 0 Å². The van der Waals surface area contributed by atoms with Gasteiger partial charge in [0.15, 0.2) is 0 Å². The van der Waals surface area contributed by atoms with Crippen molar-refractivity contribution in [3.05, 3.63) is 10.4 Å². The molecule has 1 aromatic heterocycles. The van der Waals surface area contributed by atoms with Crippen LogP contribution in [0.1, 0.15) is 47.7 Å². The first kappa shape index (κ1) is 16.3. The fraction of sp³-hybridized carbons (Fsp3) is 0.538. The van der Waals surface area contributed by atoms with Crippen molar-refractivity contribution in [2.45, 2.75) is 33.7 Å². The van der Waals surface area contributed by atoms with Gasteiger partial charge in [-0.15, -0.1) is 11.3 Å². The predicted octanol–water partition coefficient (Wildman–Crippen LogP) is 2.06. The Hall–Kier alpha value is -1.76. The standard InChI is InChI=1S/C13H21N3O3S/c1-5-19-13(18)10-9(14)8(11(15)17)12(20-10)16-7(4)6(2)3/h6-7,16H,5,14H2,1-4H3,(H2,15,17). The molecule has 7 heteroatoms. The van der Waals surface area contributed by atoms with Gasteiger partial charge in [-0.3, -0.25) is 4.79 Å². The van der Waals surface area contributed by atoms with Gasteiger partial charge in [0, 0.05) is 6.04 Å². The summed E-state index contributed by atoms with van der Waals surface area (Å²) in [5.74, 6) is -0.847. The number of amides is 1. The molecule has 1 heterocycles. The van der Waals surface area contributed by atoms with Gasteiger partial charge >= 0.3 is 5.97 Å². The van der Waals surface area contributed by atoms with E-state index in [9.17, 15) is 9.59 Å². The van der Waals surface area contributed by atoms with Gasteiger partial charge in [0.2, 0.25) is 0 Å².